The van der Waals surface area contributed by atoms with Crippen LogP contribution in [0.2, 0.25) is 0 Å². The van der Waals surface area contributed by atoms with E-state index < -0.39 is 14.9 Å². The van der Waals surface area contributed by atoms with Crippen molar-refractivity contribution < 1.29 is 13.3 Å². The van der Waals surface area contributed by atoms with Crippen molar-refractivity contribution in [2.24, 2.45) is 5.84 Å². The van der Waals surface area contributed by atoms with Gasteiger partial charge in [-0.05, 0) is 18.6 Å². The van der Waals surface area contributed by atoms with Gasteiger partial charge >= 0.3 is 5.69 Å². The molecule has 1 saturated heterocycles. The number of thioether (sulfide) groups is 1. The van der Waals surface area contributed by atoms with Gasteiger partial charge in [0.05, 0.1) is 4.92 Å². The lowest BCUT2D eigenvalue weighted by molar-refractivity contribution is -0.383. The van der Waals surface area contributed by atoms with Crippen molar-refractivity contribution in [3.63, 3.8) is 0 Å². The zero-order valence-corrected chi connectivity index (χ0v) is 12.8. The highest BCUT2D eigenvalue weighted by Crippen LogP contribution is 2.36. The van der Waals surface area contributed by atoms with E-state index in [1.165, 1.54) is 0 Å². The van der Waals surface area contributed by atoms with Crippen molar-refractivity contribution in [3.05, 3.63) is 16.2 Å². The van der Waals surface area contributed by atoms with Crippen LogP contribution >= 0.6 is 23.1 Å². The van der Waals surface area contributed by atoms with E-state index in [1.54, 1.807) is 11.8 Å². The second kappa shape index (κ2) is 6.26. The molecule has 0 aromatic carbocycles. The predicted octanol–water partition coefficient (Wildman–Crippen LogP) is 1.12. The average molecular weight is 338 g/mol. The molecule has 0 saturated carbocycles. The number of anilines is 1. The highest BCUT2D eigenvalue weighted by Gasteiger charge is 2.27. The molecule has 0 amide bonds. The molecule has 1 aliphatic rings. The number of rotatable bonds is 6. The second-order valence-electron chi connectivity index (χ2n) is 4.17. The number of hydrogen-bond acceptors (Lipinski definition) is 8. The molecule has 0 radical (unpaired) electrons. The monoisotopic (exact) mass is 338 g/mol. The van der Waals surface area contributed by atoms with E-state index in [0.29, 0.717) is 6.54 Å². The minimum atomic E-state index is -3.74. The van der Waals surface area contributed by atoms with Crippen LogP contribution in [0.4, 0.5) is 10.7 Å². The van der Waals surface area contributed by atoms with E-state index in [4.69, 9.17) is 5.84 Å². The van der Waals surface area contributed by atoms with E-state index in [-0.39, 0.29) is 20.1 Å². The zero-order chi connectivity index (χ0) is 14.8. The summed E-state index contributed by atoms with van der Waals surface area (Å²) in [6, 6.07) is 1.02. The van der Waals surface area contributed by atoms with E-state index in [2.05, 4.69) is 10.1 Å². The van der Waals surface area contributed by atoms with Gasteiger partial charge in [0, 0.05) is 17.9 Å². The van der Waals surface area contributed by atoms with Crippen molar-refractivity contribution >= 4 is 43.8 Å². The Morgan fingerprint density at radius 1 is 1.55 bits per heavy atom. The number of sulfonamides is 1. The Kier molecular flexibility index (Phi) is 4.86. The minimum Gasteiger partial charge on any atom is -0.310 e. The third-order valence-corrected chi connectivity index (χ3v) is 7.16. The Labute approximate surface area is 124 Å². The summed E-state index contributed by atoms with van der Waals surface area (Å²) in [6.07, 6.45) is 2.07. The third-order valence-electron chi connectivity index (χ3n) is 2.81. The van der Waals surface area contributed by atoms with Gasteiger partial charge in [-0.3, -0.25) is 10.1 Å². The summed E-state index contributed by atoms with van der Waals surface area (Å²) < 4.78 is 26.6. The topological polar surface area (TPSA) is 127 Å². The number of hydrazine groups is 1. The lowest BCUT2D eigenvalue weighted by Gasteiger charge is -2.09. The molecule has 20 heavy (non-hydrogen) atoms. The van der Waals surface area contributed by atoms with Crippen LogP contribution in [0.3, 0.4) is 0 Å². The van der Waals surface area contributed by atoms with Gasteiger partial charge in [0.25, 0.3) is 0 Å². The summed E-state index contributed by atoms with van der Waals surface area (Å²) in [4.78, 5) is 10.1. The van der Waals surface area contributed by atoms with E-state index in [9.17, 15) is 18.5 Å². The van der Waals surface area contributed by atoms with Crippen molar-refractivity contribution in [2.75, 3.05) is 17.7 Å². The molecule has 1 unspecified atom stereocenters. The summed E-state index contributed by atoms with van der Waals surface area (Å²) in [7, 11) is -3.74. The van der Waals surface area contributed by atoms with Gasteiger partial charge in [0.2, 0.25) is 10.0 Å². The summed E-state index contributed by atoms with van der Waals surface area (Å²) in [5.41, 5.74) is 1.81. The fourth-order valence-corrected chi connectivity index (χ4v) is 5.48. The lowest BCUT2D eigenvalue weighted by atomic mass is 10.2. The van der Waals surface area contributed by atoms with Gasteiger partial charge in [-0.2, -0.15) is 11.8 Å². The van der Waals surface area contributed by atoms with Crippen LogP contribution in [0.5, 0.6) is 0 Å². The molecule has 1 aliphatic heterocycles. The molecule has 2 heterocycles. The largest absolute Gasteiger partial charge is 0.310 e. The Balaban J connectivity index is 2.14. The van der Waals surface area contributed by atoms with Crippen LogP contribution in [0, 0.1) is 10.1 Å². The molecule has 0 bridgehead atoms. The normalized spacial score (nSPS) is 19.1. The maximum atomic E-state index is 12.1. The standard InChI is InChI=1S/C9H14N4O4S3/c10-12-9-7(13(14)15)4-8(19-9)20(16,17)11-5-6-2-1-3-18-6/h4,6,11-12H,1-3,5,10H2. The molecule has 1 fully saturated rings. The van der Waals surface area contributed by atoms with E-state index in [0.717, 1.165) is 36.0 Å². The van der Waals surface area contributed by atoms with Crippen LogP contribution in [0.25, 0.3) is 0 Å². The molecule has 112 valence electrons. The number of nitrogens with one attached hydrogen (secondary N) is 2. The van der Waals surface area contributed by atoms with Gasteiger partial charge in [-0.1, -0.05) is 11.3 Å². The van der Waals surface area contributed by atoms with Gasteiger partial charge in [-0.15, -0.1) is 0 Å². The number of nitrogen functional groups attached to an aromatic ring is 1. The minimum absolute atomic E-state index is 0.0191. The van der Waals surface area contributed by atoms with Crippen LogP contribution < -0.4 is 16.0 Å². The van der Waals surface area contributed by atoms with Crippen molar-refractivity contribution in [1.82, 2.24) is 4.72 Å². The van der Waals surface area contributed by atoms with Gasteiger partial charge < -0.3 is 5.43 Å². The SMILES string of the molecule is NNc1sc(S(=O)(=O)NCC2CCCS2)cc1[N+](=O)[O-]. The zero-order valence-electron chi connectivity index (χ0n) is 10.4. The first kappa shape index (κ1) is 15.5. The smallest absolute Gasteiger partial charge is 0.306 e. The molecule has 0 aliphatic carbocycles. The van der Waals surface area contributed by atoms with Gasteiger partial charge in [-0.25, -0.2) is 19.0 Å². The molecule has 1 aromatic heterocycles. The highest BCUT2D eigenvalue weighted by atomic mass is 32.2. The fraction of sp³-hybridized carbons (Fsp3) is 0.556. The molecular formula is C9H14N4O4S3. The lowest BCUT2D eigenvalue weighted by Crippen LogP contribution is -2.29. The predicted molar refractivity (Wildman–Crippen MR) is 79.5 cm³/mol. The van der Waals surface area contributed by atoms with Crippen LogP contribution in [-0.2, 0) is 10.0 Å². The second-order valence-corrected chi connectivity index (χ2v) is 8.62. The molecule has 8 nitrogen and oxygen atoms in total. The Bertz CT molecular complexity index is 594. The Morgan fingerprint density at radius 3 is 2.80 bits per heavy atom. The van der Waals surface area contributed by atoms with Crippen LogP contribution in [-0.4, -0.2) is 30.9 Å². The Hall–Kier alpha value is -0.880. The van der Waals surface area contributed by atoms with Gasteiger partial charge in [0.15, 0.2) is 5.00 Å². The van der Waals surface area contributed by atoms with Crippen LogP contribution in [0.15, 0.2) is 10.3 Å². The maximum Gasteiger partial charge on any atom is 0.306 e. The van der Waals surface area contributed by atoms with Crippen LogP contribution in [0.1, 0.15) is 12.8 Å². The fourth-order valence-electron chi connectivity index (χ4n) is 1.81. The summed E-state index contributed by atoms with van der Waals surface area (Å²) >= 11 is 2.47. The molecular weight excluding hydrogens is 324 g/mol. The number of hydrogen-bond donors (Lipinski definition) is 3. The number of nitrogens with zero attached hydrogens (tertiary/aromatic N) is 1. The quantitative estimate of drug-likeness (QED) is 0.403. The first-order chi connectivity index (χ1) is 9.44. The van der Waals surface area contributed by atoms with E-state index >= 15 is 0 Å². The number of thiophene rings is 1. The molecule has 1 aromatic rings. The van der Waals surface area contributed by atoms with Gasteiger partial charge in [0.1, 0.15) is 4.21 Å². The molecule has 2 rings (SSSR count). The molecule has 1 atom stereocenters. The first-order valence-electron chi connectivity index (χ1n) is 5.80. The summed E-state index contributed by atoms with van der Waals surface area (Å²) in [5, 5.41) is 11.1. The molecule has 11 heteroatoms. The number of nitro groups is 1. The maximum absolute atomic E-state index is 12.1. The molecule has 0 spiro atoms. The highest BCUT2D eigenvalue weighted by molar-refractivity contribution is 8.00. The van der Waals surface area contributed by atoms with Crippen molar-refractivity contribution in [1.29, 1.82) is 0 Å². The third kappa shape index (κ3) is 3.41. The van der Waals surface area contributed by atoms with Crippen molar-refractivity contribution in [2.45, 2.75) is 22.3 Å². The summed E-state index contributed by atoms with van der Waals surface area (Å²) in [6.45, 7) is 0.337. The Morgan fingerprint density at radius 2 is 2.30 bits per heavy atom. The number of nitrogens with two attached hydrogens (primary N) is 1. The first-order valence-corrected chi connectivity index (χ1v) is 9.15. The van der Waals surface area contributed by atoms with E-state index in [1.807, 2.05) is 0 Å². The average Bonchev–Trinajstić information content (AvgIpc) is 3.05. The molecule has 4 N–H and O–H groups in total. The van der Waals surface area contributed by atoms with Crippen molar-refractivity contribution in [3.8, 4) is 0 Å². The summed E-state index contributed by atoms with van der Waals surface area (Å²) in [5.74, 6) is 6.20.